The highest BCUT2D eigenvalue weighted by Crippen LogP contribution is 2.51. The van der Waals surface area contributed by atoms with Gasteiger partial charge in [0.05, 0.1) is 0 Å². The molecule has 0 saturated carbocycles. The van der Waals surface area contributed by atoms with Crippen molar-refractivity contribution in [1.29, 1.82) is 0 Å². The third-order valence-corrected chi connectivity index (χ3v) is 5.56. The van der Waals surface area contributed by atoms with E-state index >= 15 is 0 Å². The molecule has 0 aromatic carbocycles. The molecule has 8 nitrogen and oxygen atoms in total. The highest BCUT2D eigenvalue weighted by molar-refractivity contribution is 8.01. The van der Waals surface area contributed by atoms with Crippen molar-refractivity contribution in [3.8, 4) is 0 Å². The number of urea groups is 1. The van der Waals surface area contributed by atoms with Crippen molar-refractivity contribution in [2.75, 3.05) is 13.1 Å². The van der Waals surface area contributed by atoms with Gasteiger partial charge in [-0.15, -0.1) is 11.1 Å². The lowest BCUT2D eigenvalue weighted by molar-refractivity contribution is -0.780. The molecule has 3 N–H and O–H groups in total. The van der Waals surface area contributed by atoms with Crippen molar-refractivity contribution in [3.63, 3.8) is 0 Å². The van der Waals surface area contributed by atoms with Crippen LogP contribution in [0.15, 0.2) is 24.4 Å². The number of nitrogens with zero attached hydrogens (tertiary/aromatic N) is 1. The van der Waals surface area contributed by atoms with Crippen LogP contribution in [0.1, 0.15) is 13.8 Å². The van der Waals surface area contributed by atoms with Gasteiger partial charge >= 0.3 is 17.9 Å². The molecule has 1 saturated heterocycles. The maximum Gasteiger partial charge on any atom is 0.430 e. The Morgan fingerprint density at radius 2 is 1.96 bits per heavy atom. The fraction of sp³-hybridized carbons (Fsp3) is 0.467. The van der Waals surface area contributed by atoms with Crippen LogP contribution in [0, 0.1) is 5.92 Å². The van der Waals surface area contributed by atoms with E-state index in [1.54, 1.807) is 13.8 Å². The van der Waals surface area contributed by atoms with Gasteiger partial charge in [-0.1, -0.05) is 17.8 Å². The molecule has 0 aromatic heterocycles. The van der Waals surface area contributed by atoms with E-state index in [9.17, 15) is 24.3 Å². The van der Waals surface area contributed by atoms with Crippen molar-refractivity contribution in [1.82, 2.24) is 10.6 Å². The molecule has 0 bridgehead atoms. The summed E-state index contributed by atoms with van der Waals surface area (Å²) >= 11 is 1.11. The van der Waals surface area contributed by atoms with E-state index in [4.69, 9.17) is 0 Å². The van der Waals surface area contributed by atoms with Gasteiger partial charge in [-0.25, -0.2) is 14.4 Å². The Morgan fingerprint density at radius 1 is 1.33 bits per heavy atom. The van der Waals surface area contributed by atoms with E-state index in [0.717, 1.165) is 11.8 Å². The standard InChI is InChI=1S/C15H19N3O5S/c1-4-8-12(20)18(15(23)17-6-3)9(14(21)22)7-10(24-13(8)18)11(19)16-5-2/h4,7-8,10,13H,1,5-6H2,2-3H3,(H2-,16,17,19,21,22,23)/p+1/t8?,10?,13-,18?/m0/s1. The Labute approximate surface area is 143 Å². The minimum absolute atomic E-state index is 0.259. The van der Waals surface area contributed by atoms with Gasteiger partial charge in [-0.05, 0) is 13.8 Å². The van der Waals surface area contributed by atoms with E-state index in [-0.39, 0.29) is 18.1 Å². The first-order valence-corrected chi connectivity index (χ1v) is 8.53. The molecule has 9 heteroatoms. The average Bonchev–Trinajstić information content (AvgIpc) is 2.53. The molecule has 0 aromatic rings. The Morgan fingerprint density at radius 3 is 2.46 bits per heavy atom. The number of carbonyl (C=O) groups excluding carboxylic acids is 3. The number of aliphatic carboxylic acids is 1. The second-order valence-electron chi connectivity index (χ2n) is 5.36. The second-order valence-corrected chi connectivity index (χ2v) is 6.62. The number of thioether (sulfide) groups is 1. The average molecular weight is 354 g/mol. The highest BCUT2D eigenvalue weighted by atomic mass is 32.2. The number of hydrogen-bond donors (Lipinski definition) is 3. The van der Waals surface area contributed by atoms with Crippen molar-refractivity contribution >= 4 is 35.6 Å². The number of quaternary nitrogens is 1. The number of fused-ring (bicyclic) bond motifs is 1. The SMILES string of the molecule is C=CC1C(=O)[N+]2(C(=O)NCC)C(C(=O)O)=CC(C(=O)NCC)S[C@@H]12. The van der Waals surface area contributed by atoms with E-state index in [1.165, 1.54) is 12.2 Å². The van der Waals surface area contributed by atoms with Crippen LogP contribution in [0.2, 0.25) is 0 Å². The lowest BCUT2D eigenvalue weighted by atomic mass is 9.91. The number of carboxylic acid groups (broad SMARTS) is 1. The normalized spacial score (nSPS) is 31.2. The summed E-state index contributed by atoms with van der Waals surface area (Å²) in [6.07, 6.45) is 2.59. The zero-order valence-corrected chi connectivity index (χ0v) is 14.3. The van der Waals surface area contributed by atoms with Gasteiger partial charge in [-0.2, -0.15) is 0 Å². The predicted octanol–water partition coefficient (Wildman–Crippen LogP) is 0.421. The molecule has 3 unspecified atom stereocenters. The van der Waals surface area contributed by atoms with Crippen LogP contribution < -0.4 is 10.6 Å². The number of carbonyl (C=O) groups is 4. The van der Waals surface area contributed by atoms with E-state index < -0.39 is 38.9 Å². The summed E-state index contributed by atoms with van der Waals surface area (Å²) in [5.74, 6) is -2.97. The smallest absolute Gasteiger partial charge is 0.430 e. The molecule has 24 heavy (non-hydrogen) atoms. The summed E-state index contributed by atoms with van der Waals surface area (Å²) in [6, 6.07) is -0.693. The Bertz CT molecular complexity index is 647. The molecule has 2 rings (SSSR count). The summed E-state index contributed by atoms with van der Waals surface area (Å²) in [5, 5.41) is 13.2. The molecule has 2 aliphatic rings. The van der Waals surface area contributed by atoms with Gasteiger partial charge < -0.3 is 15.7 Å². The number of rotatable bonds is 5. The number of hydrogen-bond acceptors (Lipinski definition) is 5. The zero-order valence-electron chi connectivity index (χ0n) is 13.4. The van der Waals surface area contributed by atoms with Crippen LogP contribution in [0.5, 0.6) is 0 Å². The monoisotopic (exact) mass is 354 g/mol. The second kappa shape index (κ2) is 6.78. The van der Waals surface area contributed by atoms with Crippen molar-refractivity contribution in [2.45, 2.75) is 24.5 Å². The molecular weight excluding hydrogens is 334 g/mol. The van der Waals surface area contributed by atoms with E-state index in [2.05, 4.69) is 17.2 Å². The topological polar surface area (TPSA) is 113 Å². The highest BCUT2D eigenvalue weighted by Gasteiger charge is 2.73. The molecule has 2 heterocycles. The predicted molar refractivity (Wildman–Crippen MR) is 87.6 cm³/mol. The first-order chi connectivity index (χ1) is 11.4. The van der Waals surface area contributed by atoms with Gasteiger partial charge in [0.15, 0.2) is 11.3 Å². The first kappa shape index (κ1) is 18.2. The molecule has 4 amide bonds. The molecule has 1 fully saturated rings. The lowest BCUT2D eigenvalue weighted by Crippen LogP contribution is -2.78. The molecule has 4 atom stereocenters. The van der Waals surface area contributed by atoms with Gasteiger partial charge in [0.1, 0.15) is 5.25 Å². The minimum Gasteiger partial charge on any atom is -0.474 e. The van der Waals surface area contributed by atoms with Crippen molar-refractivity contribution in [3.05, 3.63) is 24.4 Å². The summed E-state index contributed by atoms with van der Waals surface area (Å²) in [5.41, 5.74) is -0.385. The summed E-state index contributed by atoms with van der Waals surface area (Å²) in [4.78, 5) is 49.0. The maximum atomic E-state index is 12.6. The summed E-state index contributed by atoms with van der Waals surface area (Å²) < 4.78 is -0.930. The summed E-state index contributed by atoms with van der Waals surface area (Å²) in [7, 11) is 0. The van der Waals surface area contributed by atoms with E-state index in [1.807, 2.05) is 0 Å². The number of amides is 4. The third-order valence-electron chi connectivity index (χ3n) is 4.03. The zero-order chi connectivity index (χ0) is 18.1. The summed E-state index contributed by atoms with van der Waals surface area (Å²) in [6.45, 7) is 7.68. The number of nitrogens with one attached hydrogen (secondary N) is 2. The van der Waals surface area contributed by atoms with E-state index in [0.29, 0.717) is 6.54 Å². The van der Waals surface area contributed by atoms with Gasteiger partial charge in [0.25, 0.3) is 0 Å². The fourth-order valence-electron chi connectivity index (χ4n) is 2.98. The van der Waals surface area contributed by atoms with Crippen LogP contribution in [0.25, 0.3) is 0 Å². The van der Waals surface area contributed by atoms with Crippen LogP contribution in [0.4, 0.5) is 4.79 Å². The number of carboxylic acids is 1. The molecule has 130 valence electrons. The Balaban J connectivity index is 2.55. The largest absolute Gasteiger partial charge is 0.474 e. The Kier molecular flexibility index (Phi) is 5.14. The Hall–Kier alpha value is -2.13. The molecule has 0 aliphatic carbocycles. The maximum absolute atomic E-state index is 12.6. The quantitative estimate of drug-likeness (QED) is 0.375. The van der Waals surface area contributed by atoms with Crippen LogP contribution in [-0.4, -0.2) is 57.1 Å². The molecule has 0 spiro atoms. The first-order valence-electron chi connectivity index (χ1n) is 7.59. The fourth-order valence-corrected chi connectivity index (χ4v) is 4.58. The molecular formula is C15H20N3O5S+. The third kappa shape index (κ3) is 2.44. The number of β-lactam (4-membered cyclic amide) rings is 1. The van der Waals surface area contributed by atoms with Crippen LogP contribution >= 0.6 is 11.8 Å². The van der Waals surface area contributed by atoms with Crippen LogP contribution in [-0.2, 0) is 14.4 Å². The van der Waals surface area contributed by atoms with Gasteiger partial charge in [0.2, 0.25) is 11.6 Å². The lowest BCUT2D eigenvalue weighted by Gasteiger charge is -2.51. The van der Waals surface area contributed by atoms with Gasteiger partial charge in [-0.3, -0.25) is 4.79 Å². The van der Waals surface area contributed by atoms with Gasteiger partial charge in [0, 0.05) is 19.2 Å². The van der Waals surface area contributed by atoms with Crippen molar-refractivity contribution < 1.29 is 28.8 Å². The number of imide groups is 1. The minimum atomic E-state index is -1.39. The molecule has 0 radical (unpaired) electrons. The van der Waals surface area contributed by atoms with Crippen LogP contribution in [0.3, 0.4) is 0 Å². The molecule has 2 aliphatic heterocycles. The van der Waals surface area contributed by atoms with Crippen molar-refractivity contribution in [2.24, 2.45) is 5.92 Å².